The van der Waals surface area contributed by atoms with Crippen molar-refractivity contribution in [2.75, 3.05) is 25.5 Å². The van der Waals surface area contributed by atoms with Gasteiger partial charge in [0.25, 0.3) is 5.91 Å². The molecule has 0 aromatic carbocycles. The Morgan fingerprint density at radius 1 is 1.45 bits per heavy atom. The summed E-state index contributed by atoms with van der Waals surface area (Å²) in [6, 6.07) is 3.64. The summed E-state index contributed by atoms with van der Waals surface area (Å²) < 4.78 is 1.94. The minimum absolute atomic E-state index is 0.157. The van der Waals surface area contributed by atoms with Gasteiger partial charge in [-0.2, -0.15) is 0 Å². The first kappa shape index (κ1) is 14.0. The van der Waals surface area contributed by atoms with Crippen LogP contribution in [0.1, 0.15) is 16.2 Å². The van der Waals surface area contributed by atoms with Crippen molar-refractivity contribution in [3.05, 3.63) is 42.2 Å². The molecule has 0 bridgehead atoms. The average molecular weight is 273 g/mol. The first-order valence-corrected chi connectivity index (χ1v) is 6.44. The maximum Gasteiger partial charge on any atom is 0.269 e. The van der Waals surface area contributed by atoms with Gasteiger partial charge in [-0.25, -0.2) is 4.98 Å². The van der Waals surface area contributed by atoms with Gasteiger partial charge in [0, 0.05) is 57.9 Å². The van der Waals surface area contributed by atoms with Crippen LogP contribution in [0.15, 0.2) is 30.9 Å². The van der Waals surface area contributed by atoms with E-state index in [0.29, 0.717) is 12.2 Å². The molecule has 0 spiro atoms. The number of carbonyl (C=O) groups excluding carboxylic acids is 1. The van der Waals surface area contributed by atoms with Gasteiger partial charge in [0.1, 0.15) is 5.69 Å². The van der Waals surface area contributed by atoms with Crippen molar-refractivity contribution < 1.29 is 4.79 Å². The smallest absolute Gasteiger partial charge is 0.269 e. The lowest BCUT2D eigenvalue weighted by Crippen LogP contribution is -2.27. The lowest BCUT2D eigenvalue weighted by molar-refractivity contribution is 0.0949. The SMILES string of the molecule is CN(C)c1ccnc(C(=O)NCCc2cncn2C)c1. The number of nitrogens with zero attached hydrogens (tertiary/aromatic N) is 4. The molecule has 0 saturated carbocycles. The molecule has 0 unspecified atom stereocenters. The molecular formula is C14H19N5O. The molecule has 0 radical (unpaired) electrons. The summed E-state index contributed by atoms with van der Waals surface area (Å²) in [4.78, 5) is 22.1. The van der Waals surface area contributed by atoms with E-state index in [9.17, 15) is 4.79 Å². The highest BCUT2D eigenvalue weighted by Crippen LogP contribution is 2.10. The summed E-state index contributed by atoms with van der Waals surface area (Å²) in [7, 11) is 5.80. The predicted molar refractivity (Wildman–Crippen MR) is 77.8 cm³/mol. The standard InChI is InChI=1S/C14H19N5O/c1-18(2)11-4-6-16-13(8-11)14(20)17-7-5-12-9-15-10-19(12)3/h4,6,8-10H,5,7H2,1-3H3,(H,17,20). The Morgan fingerprint density at radius 3 is 2.90 bits per heavy atom. The highest BCUT2D eigenvalue weighted by Gasteiger charge is 2.08. The van der Waals surface area contributed by atoms with Gasteiger partial charge in [0.15, 0.2) is 0 Å². The summed E-state index contributed by atoms with van der Waals surface area (Å²) in [5.74, 6) is -0.157. The third-order valence-corrected chi connectivity index (χ3v) is 3.08. The second-order valence-corrected chi connectivity index (χ2v) is 4.80. The molecule has 0 aliphatic heterocycles. The molecule has 0 aliphatic carbocycles. The van der Waals surface area contributed by atoms with Gasteiger partial charge >= 0.3 is 0 Å². The van der Waals surface area contributed by atoms with E-state index in [-0.39, 0.29) is 5.91 Å². The first-order valence-electron chi connectivity index (χ1n) is 6.44. The number of amides is 1. The van der Waals surface area contributed by atoms with Crippen LogP contribution in [0.4, 0.5) is 5.69 Å². The average Bonchev–Trinajstić information content (AvgIpc) is 2.84. The lowest BCUT2D eigenvalue weighted by Gasteiger charge is -2.13. The summed E-state index contributed by atoms with van der Waals surface area (Å²) in [5, 5.41) is 2.87. The van der Waals surface area contributed by atoms with Crippen LogP contribution in [-0.2, 0) is 13.5 Å². The number of imidazole rings is 1. The summed E-state index contributed by atoms with van der Waals surface area (Å²) >= 11 is 0. The van der Waals surface area contributed by atoms with Gasteiger partial charge in [0.05, 0.1) is 6.33 Å². The molecule has 6 heteroatoms. The Labute approximate surface area is 118 Å². The van der Waals surface area contributed by atoms with Crippen molar-refractivity contribution in [1.29, 1.82) is 0 Å². The van der Waals surface area contributed by atoms with Crippen molar-refractivity contribution in [2.24, 2.45) is 7.05 Å². The van der Waals surface area contributed by atoms with Crippen LogP contribution in [0.2, 0.25) is 0 Å². The number of hydrogen-bond donors (Lipinski definition) is 1. The number of nitrogens with one attached hydrogen (secondary N) is 1. The number of carbonyl (C=O) groups is 1. The van der Waals surface area contributed by atoms with Crippen molar-refractivity contribution in [3.63, 3.8) is 0 Å². The molecule has 1 amide bonds. The Bertz CT molecular complexity index is 591. The van der Waals surface area contributed by atoms with Gasteiger partial charge in [-0.15, -0.1) is 0 Å². The Morgan fingerprint density at radius 2 is 2.25 bits per heavy atom. The second-order valence-electron chi connectivity index (χ2n) is 4.80. The Hall–Kier alpha value is -2.37. The summed E-state index contributed by atoms with van der Waals surface area (Å²) in [6.45, 7) is 0.562. The number of hydrogen-bond acceptors (Lipinski definition) is 4. The van der Waals surface area contributed by atoms with Crippen molar-refractivity contribution in [3.8, 4) is 0 Å². The maximum absolute atomic E-state index is 12.0. The molecule has 1 N–H and O–H groups in total. The number of aryl methyl sites for hydroxylation is 1. The quantitative estimate of drug-likeness (QED) is 0.877. The highest BCUT2D eigenvalue weighted by molar-refractivity contribution is 5.93. The van der Waals surface area contributed by atoms with Crippen LogP contribution in [0, 0.1) is 0 Å². The van der Waals surface area contributed by atoms with E-state index in [0.717, 1.165) is 17.8 Å². The summed E-state index contributed by atoms with van der Waals surface area (Å²) in [6.07, 6.45) is 5.94. The molecule has 106 valence electrons. The molecule has 2 aromatic rings. The van der Waals surface area contributed by atoms with E-state index in [4.69, 9.17) is 0 Å². The zero-order valence-electron chi connectivity index (χ0n) is 12.0. The number of anilines is 1. The third kappa shape index (κ3) is 3.34. The number of rotatable bonds is 5. The largest absolute Gasteiger partial charge is 0.378 e. The highest BCUT2D eigenvalue weighted by atomic mass is 16.1. The van der Waals surface area contributed by atoms with Crippen LogP contribution in [0.5, 0.6) is 0 Å². The van der Waals surface area contributed by atoms with Gasteiger partial charge in [-0.05, 0) is 12.1 Å². The molecule has 2 rings (SSSR count). The van der Waals surface area contributed by atoms with E-state index in [1.165, 1.54) is 0 Å². The predicted octanol–water partition coefficient (Wildman–Crippen LogP) is 0.854. The molecule has 0 fully saturated rings. The van der Waals surface area contributed by atoms with Gasteiger partial charge in [-0.1, -0.05) is 0 Å². The molecule has 2 aromatic heterocycles. The van der Waals surface area contributed by atoms with Crippen LogP contribution < -0.4 is 10.2 Å². The topological polar surface area (TPSA) is 63.1 Å². The van der Waals surface area contributed by atoms with Crippen molar-refractivity contribution in [2.45, 2.75) is 6.42 Å². The fourth-order valence-corrected chi connectivity index (χ4v) is 1.84. The molecule has 0 aliphatic rings. The minimum Gasteiger partial charge on any atom is -0.378 e. The van der Waals surface area contributed by atoms with Gasteiger partial charge in [-0.3, -0.25) is 9.78 Å². The van der Waals surface area contributed by atoms with E-state index in [1.54, 1.807) is 24.8 Å². The molecule has 0 atom stereocenters. The zero-order valence-corrected chi connectivity index (χ0v) is 12.0. The minimum atomic E-state index is -0.157. The monoisotopic (exact) mass is 273 g/mol. The van der Waals surface area contributed by atoms with E-state index in [2.05, 4.69) is 15.3 Å². The van der Waals surface area contributed by atoms with Crippen molar-refractivity contribution >= 4 is 11.6 Å². The maximum atomic E-state index is 12.0. The normalized spacial score (nSPS) is 10.3. The lowest BCUT2D eigenvalue weighted by atomic mass is 10.2. The molecule has 20 heavy (non-hydrogen) atoms. The van der Waals surface area contributed by atoms with Crippen molar-refractivity contribution in [1.82, 2.24) is 19.9 Å². The number of pyridine rings is 1. The van der Waals surface area contributed by atoms with E-state index < -0.39 is 0 Å². The Kier molecular flexibility index (Phi) is 4.34. The van der Waals surface area contributed by atoms with Crippen LogP contribution in [-0.4, -0.2) is 41.1 Å². The fraction of sp³-hybridized carbons (Fsp3) is 0.357. The van der Waals surface area contributed by atoms with Crippen LogP contribution >= 0.6 is 0 Å². The van der Waals surface area contributed by atoms with Crippen LogP contribution in [0.25, 0.3) is 0 Å². The number of aromatic nitrogens is 3. The molecule has 2 heterocycles. The molecule has 0 saturated heterocycles. The van der Waals surface area contributed by atoms with Crippen LogP contribution in [0.3, 0.4) is 0 Å². The van der Waals surface area contributed by atoms with E-state index >= 15 is 0 Å². The third-order valence-electron chi connectivity index (χ3n) is 3.08. The van der Waals surface area contributed by atoms with Gasteiger partial charge in [0.2, 0.25) is 0 Å². The fourth-order valence-electron chi connectivity index (χ4n) is 1.84. The second kappa shape index (κ2) is 6.18. The summed E-state index contributed by atoms with van der Waals surface area (Å²) in [5.41, 5.74) is 2.47. The first-order chi connectivity index (χ1) is 9.58. The van der Waals surface area contributed by atoms with Gasteiger partial charge < -0.3 is 14.8 Å². The van der Waals surface area contributed by atoms with E-state index in [1.807, 2.05) is 36.7 Å². The Balaban J connectivity index is 1.92. The molecule has 6 nitrogen and oxygen atoms in total. The molecular weight excluding hydrogens is 254 g/mol. The zero-order chi connectivity index (χ0) is 14.5.